The molecular weight excluding hydrogens is 296 g/mol. The van der Waals surface area contributed by atoms with Gasteiger partial charge in [-0.05, 0) is 18.9 Å². The van der Waals surface area contributed by atoms with Gasteiger partial charge in [-0.15, -0.1) is 0 Å². The van der Waals surface area contributed by atoms with Crippen LogP contribution in [0.3, 0.4) is 0 Å². The van der Waals surface area contributed by atoms with E-state index >= 15 is 0 Å². The van der Waals surface area contributed by atoms with Gasteiger partial charge in [0, 0.05) is 19.0 Å². The van der Waals surface area contributed by atoms with Crippen molar-refractivity contribution in [2.24, 2.45) is 0 Å². The van der Waals surface area contributed by atoms with Crippen LogP contribution in [0.2, 0.25) is 5.02 Å². The van der Waals surface area contributed by atoms with Crippen LogP contribution in [0.25, 0.3) is 5.65 Å². The molecule has 0 bridgehead atoms. The molecule has 0 saturated carbocycles. The Labute approximate surface area is 125 Å². The average Bonchev–Trinajstić information content (AvgIpc) is 2.78. The summed E-state index contributed by atoms with van der Waals surface area (Å²) >= 11 is 6.16. The number of aliphatic hydroxyl groups is 1. The lowest BCUT2D eigenvalue weighted by atomic mass is 10.1. The van der Waals surface area contributed by atoms with Crippen LogP contribution in [0, 0.1) is 6.92 Å². The highest BCUT2D eigenvalue weighted by molar-refractivity contribution is 6.36. The number of fused-ring (bicyclic) bond motifs is 1. The third-order valence-corrected chi connectivity index (χ3v) is 3.74. The van der Waals surface area contributed by atoms with E-state index in [2.05, 4.69) is 15.4 Å². The Morgan fingerprint density at radius 1 is 1.62 bits per heavy atom. The van der Waals surface area contributed by atoms with E-state index in [0.717, 1.165) is 5.56 Å². The van der Waals surface area contributed by atoms with Gasteiger partial charge < -0.3 is 15.2 Å². The van der Waals surface area contributed by atoms with Crippen molar-refractivity contribution in [1.29, 1.82) is 0 Å². The molecule has 2 unspecified atom stereocenters. The van der Waals surface area contributed by atoms with Crippen LogP contribution in [0.5, 0.6) is 0 Å². The van der Waals surface area contributed by atoms with Gasteiger partial charge in [0.25, 0.3) is 5.91 Å². The predicted octanol–water partition coefficient (Wildman–Crippen LogP) is 0.571. The summed E-state index contributed by atoms with van der Waals surface area (Å²) < 4.78 is 6.72. The predicted molar refractivity (Wildman–Crippen MR) is 75.4 cm³/mol. The van der Waals surface area contributed by atoms with Crippen LogP contribution >= 0.6 is 11.6 Å². The monoisotopic (exact) mass is 310 g/mol. The minimum absolute atomic E-state index is 0.0903. The zero-order chi connectivity index (χ0) is 15.0. The molecule has 0 aromatic carbocycles. The van der Waals surface area contributed by atoms with Gasteiger partial charge in [0.05, 0.1) is 18.8 Å². The van der Waals surface area contributed by atoms with Gasteiger partial charge in [0.1, 0.15) is 5.02 Å². The first-order chi connectivity index (χ1) is 10.1. The van der Waals surface area contributed by atoms with E-state index in [1.165, 1.54) is 4.52 Å². The van der Waals surface area contributed by atoms with Crippen molar-refractivity contribution in [3.05, 3.63) is 28.7 Å². The van der Waals surface area contributed by atoms with Crippen molar-refractivity contribution in [1.82, 2.24) is 19.9 Å². The van der Waals surface area contributed by atoms with Gasteiger partial charge in [0.2, 0.25) is 0 Å². The highest BCUT2D eigenvalue weighted by atomic mass is 35.5. The van der Waals surface area contributed by atoms with Gasteiger partial charge >= 0.3 is 0 Å². The van der Waals surface area contributed by atoms with Crippen LogP contribution in [-0.4, -0.2) is 51.0 Å². The lowest BCUT2D eigenvalue weighted by Gasteiger charge is -2.28. The fourth-order valence-corrected chi connectivity index (χ4v) is 2.51. The number of hydrogen-bond acceptors (Lipinski definition) is 5. The van der Waals surface area contributed by atoms with E-state index < -0.39 is 18.1 Å². The Hall–Kier alpha value is -1.70. The molecule has 2 atom stereocenters. The SMILES string of the molecule is Cc1cnc2c(Cl)c(C(=O)NC3COCCC3O)nn2c1. The first-order valence-electron chi connectivity index (χ1n) is 6.63. The van der Waals surface area contributed by atoms with E-state index in [-0.39, 0.29) is 17.3 Å². The third kappa shape index (κ3) is 2.72. The largest absolute Gasteiger partial charge is 0.391 e. The fraction of sp³-hybridized carbons (Fsp3) is 0.462. The molecule has 2 aromatic rings. The normalized spacial score (nSPS) is 22.4. The first-order valence-corrected chi connectivity index (χ1v) is 7.01. The van der Waals surface area contributed by atoms with Crippen molar-refractivity contribution in [3.63, 3.8) is 0 Å². The van der Waals surface area contributed by atoms with E-state index in [9.17, 15) is 9.90 Å². The number of amides is 1. The number of rotatable bonds is 2. The van der Waals surface area contributed by atoms with Gasteiger partial charge in [-0.1, -0.05) is 11.6 Å². The molecule has 1 aliphatic rings. The van der Waals surface area contributed by atoms with E-state index in [0.29, 0.717) is 18.7 Å². The third-order valence-electron chi connectivity index (χ3n) is 3.40. The number of aromatic nitrogens is 3. The molecule has 0 spiro atoms. The number of aryl methyl sites for hydroxylation is 1. The second kappa shape index (κ2) is 5.59. The van der Waals surface area contributed by atoms with Crippen molar-refractivity contribution >= 4 is 23.2 Å². The Morgan fingerprint density at radius 2 is 2.43 bits per heavy atom. The molecule has 1 fully saturated rings. The van der Waals surface area contributed by atoms with Gasteiger partial charge in [0.15, 0.2) is 11.3 Å². The number of nitrogens with zero attached hydrogens (tertiary/aromatic N) is 3. The Morgan fingerprint density at radius 3 is 3.19 bits per heavy atom. The van der Waals surface area contributed by atoms with Gasteiger partial charge in [-0.25, -0.2) is 9.50 Å². The Kier molecular flexibility index (Phi) is 3.79. The van der Waals surface area contributed by atoms with Crippen molar-refractivity contribution in [2.75, 3.05) is 13.2 Å². The second-order valence-electron chi connectivity index (χ2n) is 5.07. The summed E-state index contributed by atoms with van der Waals surface area (Å²) in [5.41, 5.74) is 1.42. The number of nitrogens with one attached hydrogen (secondary N) is 1. The first kappa shape index (κ1) is 14.2. The Balaban J connectivity index is 1.85. The quantitative estimate of drug-likeness (QED) is 0.846. The van der Waals surface area contributed by atoms with Crippen LogP contribution < -0.4 is 5.32 Å². The van der Waals surface area contributed by atoms with Crippen LogP contribution in [-0.2, 0) is 4.74 Å². The van der Waals surface area contributed by atoms with E-state index in [1.54, 1.807) is 12.4 Å². The summed E-state index contributed by atoms with van der Waals surface area (Å²) in [7, 11) is 0. The molecule has 1 saturated heterocycles. The standard InChI is InChI=1S/C13H15ClN4O3/c1-7-4-15-12-10(14)11(17-18(12)5-7)13(20)16-8-6-21-3-2-9(8)19/h4-5,8-9,19H,2-3,6H2,1H3,(H,16,20). The van der Waals surface area contributed by atoms with Gasteiger partial charge in [-0.3, -0.25) is 4.79 Å². The average molecular weight is 311 g/mol. The molecule has 3 heterocycles. The molecule has 0 radical (unpaired) electrons. The zero-order valence-corrected chi connectivity index (χ0v) is 12.2. The smallest absolute Gasteiger partial charge is 0.273 e. The minimum Gasteiger partial charge on any atom is -0.391 e. The molecule has 7 nitrogen and oxygen atoms in total. The van der Waals surface area contributed by atoms with Crippen LogP contribution in [0.4, 0.5) is 0 Å². The Bertz CT molecular complexity index is 687. The number of halogens is 1. The highest BCUT2D eigenvalue weighted by Gasteiger charge is 2.28. The summed E-state index contributed by atoms with van der Waals surface area (Å²) in [6.45, 7) is 2.64. The topological polar surface area (TPSA) is 88.8 Å². The number of hydrogen-bond donors (Lipinski definition) is 2. The van der Waals surface area contributed by atoms with Crippen molar-refractivity contribution in [3.8, 4) is 0 Å². The molecule has 3 rings (SSSR count). The summed E-state index contributed by atoms with van der Waals surface area (Å²) in [6, 6.07) is -0.457. The lowest BCUT2D eigenvalue weighted by Crippen LogP contribution is -2.49. The van der Waals surface area contributed by atoms with Crippen molar-refractivity contribution < 1.29 is 14.6 Å². The number of carbonyl (C=O) groups excluding carboxylic acids is 1. The minimum atomic E-state index is -0.626. The fourth-order valence-electron chi connectivity index (χ4n) is 2.25. The molecule has 1 amide bonds. The van der Waals surface area contributed by atoms with Crippen LogP contribution in [0.15, 0.2) is 12.4 Å². The molecule has 1 aliphatic heterocycles. The molecule has 8 heteroatoms. The summed E-state index contributed by atoms with van der Waals surface area (Å²) in [5.74, 6) is -0.447. The maximum atomic E-state index is 12.3. The van der Waals surface area contributed by atoms with Crippen molar-refractivity contribution in [2.45, 2.75) is 25.5 Å². The summed E-state index contributed by atoms with van der Waals surface area (Å²) in [5, 5.41) is 16.9. The van der Waals surface area contributed by atoms with Gasteiger partial charge in [-0.2, -0.15) is 5.10 Å². The van der Waals surface area contributed by atoms with E-state index in [1.807, 2.05) is 6.92 Å². The summed E-state index contributed by atoms with van der Waals surface area (Å²) in [6.07, 6.45) is 3.26. The maximum Gasteiger partial charge on any atom is 0.273 e. The molecule has 112 valence electrons. The molecule has 2 aromatic heterocycles. The maximum absolute atomic E-state index is 12.3. The number of aliphatic hydroxyl groups excluding tert-OH is 1. The highest BCUT2D eigenvalue weighted by Crippen LogP contribution is 2.20. The molecule has 21 heavy (non-hydrogen) atoms. The second-order valence-corrected chi connectivity index (χ2v) is 5.45. The zero-order valence-electron chi connectivity index (χ0n) is 11.4. The summed E-state index contributed by atoms with van der Waals surface area (Å²) in [4.78, 5) is 16.4. The van der Waals surface area contributed by atoms with E-state index in [4.69, 9.17) is 16.3 Å². The molecule has 0 aliphatic carbocycles. The lowest BCUT2D eigenvalue weighted by molar-refractivity contribution is -0.0140. The molecule has 2 N–H and O–H groups in total. The molecular formula is C13H15ClN4O3. The van der Waals surface area contributed by atoms with Crippen LogP contribution in [0.1, 0.15) is 22.5 Å². The number of carbonyl (C=O) groups is 1. The number of ether oxygens (including phenoxy) is 1.